The maximum absolute atomic E-state index is 12.8. The van der Waals surface area contributed by atoms with E-state index in [-0.39, 0.29) is 11.9 Å². The Morgan fingerprint density at radius 2 is 1.68 bits per heavy atom. The summed E-state index contributed by atoms with van der Waals surface area (Å²) in [4.78, 5) is 16.8. The molecular weight excluding hydrogens is 350 g/mol. The summed E-state index contributed by atoms with van der Waals surface area (Å²) in [6.07, 6.45) is 0. The maximum Gasteiger partial charge on any atom is 0.254 e. The zero-order valence-electron chi connectivity index (χ0n) is 16.8. The average Bonchev–Trinajstić information content (AvgIpc) is 2.74. The number of methoxy groups -OCH3 is 1. The van der Waals surface area contributed by atoms with E-state index in [4.69, 9.17) is 4.74 Å². The van der Waals surface area contributed by atoms with Crippen molar-refractivity contribution in [2.75, 3.05) is 33.3 Å². The molecule has 0 saturated carbocycles. The van der Waals surface area contributed by atoms with E-state index in [1.807, 2.05) is 23.1 Å². The largest absolute Gasteiger partial charge is 0.497 e. The van der Waals surface area contributed by atoms with E-state index < -0.39 is 0 Å². The van der Waals surface area contributed by atoms with E-state index in [1.54, 1.807) is 13.2 Å². The molecule has 5 heteroatoms. The van der Waals surface area contributed by atoms with Gasteiger partial charge in [-0.05, 0) is 35.2 Å². The van der Waals surface area contributed by atoms with Crippen LogP contribution in [0, 0.1) is 11.3 Å². The second kappa shape index (κ2) is 8.90. The molecular formula is C23H27N3O2. The predicted molar refractivity (Wildman–Crippen MR) is 109 cm³/mol. The number of ether oxygens (including phenoxy) is 1. The van der Waals surface area contributed by atoms with Crippen LogP contribution in [0.25, 0.3) is 0 Å². The van der Waals surface area contributed by atoms with Crippen LogP contribution in [-0.4, -0.2) is 49.0 Å². The Hall–Kier alpha value is -2.84. The predicted octanol–water partition coefficient (Wildman–Crippen LogP) is 3.84. The monoisotopic (exact) mass is 377 g/mol. The van der Waals surface area contributed by atoms with Gasteiger partial charge in [0.15, 0.2) is 0 Å². The Kier molecular flexibility index (Phi) is 6.33. The minimum Gasteiger partial charge on any atom is -0.497 e. The number of rotatable bonds is 5. The van der Waals surface area contributed by atoms with E-state index >= 15 is 0 Å². The van der Waals surface area contributed by atoms with Gasteiger partial charge in [0.1, 0.15) is 11.8 Å². The number of hydrogen-bond donors (Lipinski definition) is 0. The van der Waals surface area contributed by atoms with Crippen molar-refractivity contribution >= 4 is 5.91 Å². The minimum absolute atomic E-state index is 0.00773. The first-order valence-electron chi connectivity index (χ1n) is 9.70. The third-order valence-corrected chi connectivity index (χ3v) is 5.32. The van der Waals surface area contributed by atoms with E-state index in [9.17, 15) is 10.1 Å². The summed E-state index contributed by atoms with van der Waals surface area (Å²) >= 11 is 0. The molecule has 1 unspecified atom stereocenters. The molecule has 28 heavy (non-hydrogen) atoms. The van der Waals surface area contributed by atoms with Gasteiger partial charge in [0.25, 0.3) is 5.91 Å². The summed E-state index contributed by atoms with van der Waals surface area (Å²) < 4.78 is 5.21. The maximum atomic E-state index is 12.8. The topological polar surface area (TPSA) is 56.6 Å². The summed E-state index contributed by atoms with van der Waals surface area (Å²) in [5.74, 6) is 1.16. The number of nitrogens with zero attached hydrogens (tertiary/aromatic N) is 3. The van der Waals surface area contributed by atoms with Crippen molar-refractivity contribution in [2.24, 2.45) is 0 Å². The molecule has 0 bridgehead atoms. The molecule has 1 aliphatic heterocycles. The molecule has 2 aromatic rings. The van der Waals surface area contributed by atoms with Gasteiger partial charge in [-0.1, -0.05) is 44.2 Å². The SMILES string of the molecule is COc1cccc(C(=O)N2CCN(C(C#N)c3ccc(C(C)C)cc3)CC2)c1. The molecule has 1 heterocycles. The third-order valence-electron chi connectivity index (χ3n) is 5.32. The lowest BCUT2D eigenvalue weighted by atomic mass is 9.98. The third kappa shape index (κ3) is 4.35. The van der Waals surface area contributed by atoms with Gasteiger partial charge in [-0.15, -0.1) is 0 Å². The summed E-state index contributed by atoms with van der Waals surface area (Å²) in [6, 6.07) is 17.7. The number of nitriles is 1. The second-order valence-corrected chi connectivity index (χ2v) is 7.41. The normalized spacial score (nSPS) is 15.9. The Morgan fingerprint density at radius 3 is 2.25 bits per heavy atom. The van der Waals surface area contributed by atoms with Crippen molar-refractivity contribution < 1.29 is 9.53 Å². The van der Waals surface area contributed by atoms with Crippen molar-refractivity contribution in [3.8, 4) is 11.8 Å². The second-order valence-electron chi connectivity index (χ2n) is 7.41. The lowest BCUT2D eigenvalue weighted by molar-refractivity contribution is 0.0606. The van der Waals surface area contributed by atoms with Gasteiger partial charge in [-0.2, -0.15) is 5.26 Å². The summed E-state index contributed by atoms with van der Waals surface area (Å²) in [6.45, 7) is 6.90. The van der Waals surface area contributed by atoms with Gasteiger partial charge in [-0.3, -0.25) is 9.69 Å². The molecule has 1 atom stereocenters. The van der Waals surface area contributed by atoms with Crippen molar-refractivity contribution in [2.45, 2.75) is 25.8 Å². The quantitative estimate of drug-likeness (QED) is 0.794. The molecule has 0 spiro atoms. The Bertz CT molecular complexity index is 847. The van der Waals surface area contributed by atoms with Crippen LogP contribution >= 0.6 is 0 Å². The Morgan fingerprint density at radius 1 is 1.04 bits per heavy atom. The molecule has 146 valence electrons. The van der Waals surface area contributed by atoms with E-state index in [0.717, 1.165) is 5.56 Å². The number of piperazine rings is 1. The van der Waals surface area contributed by atoms with Gasteiger partial charge in [-0.25, -0.2) is 0 Å². The van der Waals surface area contributed by atoms with Crippen LogP contribution < -0.4 is 4.74 Å². The minimum atomic E-state index is -0.282. The standard InChI is InChI=1S/C23H27N3O2/c1-17(2)18-7-9-19(10-8-18)22(16-24)25-11-13-26(14-12-25)23(27)20-5-4-6-21(15-20)28-3/h4-10,15,17,22H,11-14H2,1-3H3. The highest BCUT2D eigenvalue weighted by atomic mass is 16.5. The number of hydrogen-bond acceptors (Lipinski definition) is 4. The summed E-state index contributed by atoms with van der Waals surface area (Å²) in [5, 5.41) is 9.73. The van der Waals surface area contributed by atoms with Crippen molar-refractivity contribution in [3.05, 3.63) is 65.2 Å². The molecule has 0 radical (unpaired) electrons. The molecule has 1 fully saturated rings. The van der Waals surface area contributed by atoms with E-state index in [2.05, 4.69) is 49.1 Å². The summed E-state index contributed by atoms with van der Waals surface area (Å²) in [7, 11) is 1.60. The fourth-order valence-corrected chi connectivity index (χ4v) is 3.55. The highest BCUT2D eigenvalue weighted by molar-refractivity contribution is 5.94. The van der Waals surface area contributed by atoms with Crippen LogP contribution in [-0.2, 0) is 0 Å². The average molecular weight is 377 g/mol. The number of benzene rings is 2. The van der Waals surface area contributed by atoms with Crippen molar-refractivity contribution in [1.82, 2.24) is 9.80 Å². The highest BCUT2D eigenvalue weighted by Crippen LogP contribution is 2.24. The first-order chi connectivity index (χ1) is 13.5. The molecule has 5 nitrogen and oxygen atoms in total. The number of carbonyl (C=O) groups excluding carboxylic acids is 1. The van der Waals surface area contributed by atoms with Crippen molar-refractivity contribution in [1.29, 1.82) is 5.26 Å². The van der Waals surface area contributed by atoms with Gasteiger partial charge in [0.05, 0.1) is 13.2 Å². The van der Waals surface area contributed by atoms with Crippen LogP contribution in [0.4, 0.5) is 0 Å². The Balaban J connectivity index is 1.64. The van der Waals surface area contributed by atoms with Crippen LogP contribution in [0.5, 0.6) is 5.75 Å². The molecule has 1 aliphatic rings. The molecule has 0 aromatic heterocycles. The fourth-order valence-electron chi connectivity index (χ4n) is 3.55. The van der Waals surface area contributed by atoms with Gasteiger partial charge in [0.2, 0.25) is 0 Å². The van der Waals surface area contributed by atoms with Crippen LogP contribution in [0.3, 0.4) is 0 Å². The lowest BCUT2D eigenvalue weighted by Crippen LogP contribution is -2.49. The van der Waals surface area contributed by atoms with E-state index in [1.165, 1.54) is 5.56 Å². The zero-order chi connectivity index (χ0) is 20.1. The van der Waals surface area contributed by atoms with Gasteiger partial charge in [0, 0.05) is 31.7 Å². The smallest absolute Gasteiger partial charge is 0.254 e. The molecule has 1 saturated heterocycles. The molecule has 0 N–H and O–H groups in total. The van der Waals surface area contributed by atoms with Gasteiger partial charge >= 0.3 is 0 Å². The van der Waals surface area contributed by atoms with Crippen LogP contribution in [0.2, 0.25) is 0 Å². The first kappa shape index (κ1) is 19.9. The molecule has 0 aliphatic carbocycles. The van der Waals surface area contributed by atoms with Crippen LogP contribution in [0.1, 0.15) is 47.3 Å². The van der Waals surface area contributed by atoms with Gasteiger partial charge < -0.3 is 9.64 Å². The Labute approximate surface area is 167 Å². The zero-order valence-corrected chi connectivity index (χ0v) is 16.8. The highest BCUT2D eigenvalue weighted by Gasteiger charge is 2.27. The first-order valence-corrected chi connectivity index (χ1v) is 9.70. The molecule has 2 aromatic carbocycles. The van der Waals surface area contributed by atoms with Crippen molar-refractivity contribution in [3.63, 3.8) is 0 Å². The summed E-state index contributed by atoms with van der Waals surface area (Å²) in [5.41, 5.74) is 2.92. The number of amides is 1. The van der Waals surface area contributed by atoms with Crippen LogP contribution in [0.15, 0.2) is 48.5 Å². The number of carbonyl (C=O) groups is 1. The van der Waals surface area contributed by atoms with E-state index in [0.29, 0.717) is 43.4 Å². The molecule has 1 amide bonds. The fraction of sp³-hybridized carbons (Fsp3) is 0.391. The lowest BCUT2D eigenvalue weighted by Gasteiger charge is -2.37. The molecule has 3 rings (SSSR count).